The van der Waals surface area contributed by atoms with Crippen LogP contribution in [0.4, 0.5) is 0 Å². The van der Waals surface area contributed by atoms with E-state index in [0.717, 1.165) is 13.7 Å². The van der Waals surface area contributed by atoms with Gasteiger partial charge in [-0.1, -0.05) is 6.08 Å². The molecule has 0 radical (unpaired) electrons. The van der Waals surface area contributed by atoms with E-state index in [9.17, 15) is 14.4 Å². The predicted octanol–water partition coefficient (Wildman–Crippen LogP) is -1.88. The summed E-state index contributed by atoms with van der Waals surface area (Å²) in [4.78, 5) is 36.2. The lowest BCUT2D eigenvalue weighted by atomic mass is 10.4. The van der Waals surface area contributed by atoms with Crippen molar-refractivity contribution in [1.29, 1.82) is 0 Å². The van der Waals surface area contributed by atoms with Gasteiger partial charge in [-0.05, 0) is 12.8 Å². The second kappa shape index (κ2) is 7.61. The number of hydrogen-bond acceptors (Lipinski definition) is 5. The van der Waals surface area contributed by atoms with Crippen molar-refractivity contribution in [2.24, 2.45) is 0 Å². The lowest BCUT2D eigenvalue weighted by Gasteiger charge is -2.12. The van der Waals surface area contributed by atoms with Crippen molar-refractivity contribution < 1.29 is 10.2 Å². The molecular formula is C12H19N3O5. The monoisotopic (exact) mass is 285 g/mol. The second-order valence-electron chi connectivity index (χ2n) is 4.20. The highest BCUT2D eigenvalue weighted by atomic mass is 16.3. The summed E-state index contributed by atoms with van der Waals surface area (Å²) in [6.07, 6.45) is 1.86. The highest BCUT2D eigenvalue weighted by Crippen LogP contribution is 1.84. The second-order valence-corrected chi connectivity index (χ2v) is 4.20. The molecular weight excluding hydrogens is 266 g/mol. The molecule has 0 fully saturated rings. The minimum absolute atomic E-state index is 0.00377. The van der Waals surface area contributed by atoms with E-state index in [1.165, 1.54) is 6.08 Å². The zero-order valence-electron chi connectivity index (χ0n) is 11.2. The average Bonchev–Trinajstić information content (AvgIpc) is 2.43. The maximum Gasteiger partial charge on any atom is 0.336 e. The van der Waals surface area contributed by atoms with Crippen LogP contribution in [0.2, 0.25) is 0 Å². The van der Waals surface area contributed by atoms with Gasteiger partial charge in [-0.3, -0.25) is 0 Å². The third-order valence-electron chi connectivity index (χ3n) is 2.78. The molecule has 0 aliphatic heterocycles. The Morgan fingerprint density at radius 3 is 1.60 bits per heavy atom. The van der Waals surface area contributed by atoms with Gasteiger partial charge in [-0.2, -0.15) is 0 Å². The molecule has 1 aromatic heterocycles. The minimum atomic E-state index is -0.720. The van der Waals surface area contributed by atoms with Gasteiger partial charge in [-0.15, -0.1) is 6.58 Å². The molecule has 0 amide bonds. The molecule has 0 saturated heterocycles. The van der Waals surface area contributed by atoms with Gasteiger partial charge in [0, 0.05) is 26.3 Å². The van der Waals surface area contributed by atoms with Gasteiger partial charge < -0.3 is 10.2 Å². The zero-order valence-corrected chi connectivity index (χ0v) is 11.2. The summed E-state index contributed by atoms with van der Waals surface area (Å²) in [6, 6.07) is 0. The molecule has 0 unspecified atom stereocenters. The maximum absolute atomic E-state index is 12.1. The van der Waals surface area contributed by atoms with Gasteiger partial charge in [0.15, 0.2) is 0 Å². The summed E-state index contributed by atoms with van der Waals surface area (Å²) in [5, 5.41) is 17.6. The smallest absolute Gasteiger partial charge is 0.336 e. The quantitative estimate of drug-likeness (QED) is 0.544. The third kappa shape index (κ3) is 3.34. The van der Waals surface area contributed by atoms with Crippen LogP contribution in [0.15, 0.2) is 27.0 Å². The normalized spacial score (nSPS) is 10.7. The Hall–Kier alpha value is -1.93. The molecule has 8 nitrogen and oxygen atoms in total. The van der Waals surface area contributed by atoms with Crippen molar-refractivity contribution in [1.82, 2.24) is 13.7 Å². The maximum atomic E-state index is 12.1. The Labute approximate surface area is 114 Å². The Morgan fingerprint density at radius 2 is 1.25 bits per heavy atom. The van der Waals surface area contributed by atoms with Crippen molar-refractivity contribution in [3.8, 4) is 0 Å². The average molecular weight is 285 g/mol. The first-order valence-corrected chi connectivity index (χ1v) is 6.35. The van der Waals surface area contributed by atoms with E-state index in [1.807, 2.05) is 0 Å². The van der Waals surface area contributed by atoms with Crippen molar-refractivity contribution in [3.63, 3.8) is 0 Å². The van der Waals surface area contributed by atoms with Crippen molar-refractivity contribution in [2.75, 3.05) is 13.2 Å². The number of aliphatic hydroxyl groups excluding tert-OH is 2. The fourth-order valence-corrected chi connectivity index (χ4v) is 1.81. The number of aliphatic hydroxyl groups is 2. The Bertz CT molecular complexity index is 579. The zero-order chi connectivity index (χ0) is 15.1. The predicted molar refractivity (Wildman–Crippen MR) is 72.8 cm³/mol. The van der Waals surface area contributed by atoms with Crippen molar-refractivity contribution >= 4 is 0 Å². The molecule has 2 N–H and O–H groups in total. The van der Waals surface area contributed by atoms with E-state index in [-0.39, 0.29) is 45.7 Å². The van der Waals surface area contributed by atoms with Gasteiger partial charge in [0.1, 0.15) is 0 Å². The number of rotatable bonds is 8. The van der Waals surface area contributed by atoms with E-state index >= 15 is 0 Å². The van der Waals surface area contributed by atoms with E-state index in [0.29, 0.717) is 0 Å². The van der Waals surface area contributed by atoms with Gasteiger partial charge in [0.2, 0.25) is 0 Å². The van der Waals surface area contributed by atoms with Crippen LogP contribution < -0.4 is 17.1 Å². The highest BCUT2D eigenvalue weighted by molar-refractivity contribution is 4.82. The Morgan fingerprint density at radius 1 is 0.850 bits per heavy atom. The first-order valence-electron chi connectivity index (χ1n) is 6.35. The summed E-state index contributed by atoms with van der Waals surface area (Å²) in [5.74, 6) is 0. The third-order valence-corrected chi connectivity index (χ3v) is 2.78. The largest absolute Gasteiger partial charge is 0.396 e. The Kier molecular flexibility index (Phi) is 6.13. The molecule has 1 rings (SSSR count). The molecule has 0 aromatic carbocycles. The topological polar surface area (TPSA) is 106 Å². The van der Waals surface area contributed by atoms with E-state index in [4.69, 9.17) is 10.2 Å². The van der Waals surface area contributed by atoms with Crippen LogP contribution in [0.1, 0.15) is 12.8 Å². The number of aromatic nitrogens is 3. The molecule has 0 atom stereocenters. The number of allylic oxidation sites excluding steroid dienone is 1. The van der Waals surface area contributed by atoms with Crippen LogP contribution in [0.3, 0.4) is 0 Å². The molecule has 0 spiro atoms. The van der Waals surface area contributed by atoms with Crippen LogP contribution in [-0.2, 0) is 19.6 Å². The van der Waals surface area contributed by atoms with Crippen molar-refractivity contribution in [2.45, 2.75) is 32.5 Å². The first kappa shape index (κ1) is 16.1. The lowest BCUT2D eigenvalue weighted by Crippen LogP contribution is -2.54. The molecule has 8 heteroatoms. The van der Waals surface area contributed by atoms with E-state index in [2.05, 4.69) is 6.58 Å². The molecule has 0 aliphatic carbocycles. The number of nitrogens with zero attached hydrogens (tertiary/aromatic N) is 3. The first-order chi connectivity index (χ1) is 9.58. The van der Waals surface area contributed by atoms with Crippen LogP contribution >= 0.6 is 0 Å². The van der Waals surface area contributed by atoms with Gasteiger partial charge in [0.25, 0.3) is 0 Å². The SMILES string of the molecule is C=CCn1c(=O)n(CCCO)c(=O)n(CCCO)c1=O. The molecule has 1 heterocycles. The number of hydrogen-bond donors (Lipinski definition) is 2. The summed E-state index contributed by atoms with van der Waals surface area (Å²) < 4.78 is 2.74. The molecule has 0 aliphatic rings. The molecule has 0 saturated carbocycles. The van der Waals surface area contributed by atoms with E-state index in [1.54, 1.807) is 0 Å². The highest BCUT2D eigenvalue weighted by Gasteiger charge is 2.13. The summed E-state index contributed by atoms with van der Waals surface area (Å²) in [6.45, 7) is 3.20. The van der Waals surface area contributed by atoms with Crippen LogP contribution in [0, 0.1) is 0 Å². The standard InChI is InChI=1S/C12H19N3O5/c1-2-5-13-10(18)14(6-3-8-16)12(20)15(11(13)19)7-4-9-17/h2,16-17H,1,3-9H2. The Balaban J connectivity index is 3.47. The van der Waals surface area contributed by atoms with Gasteiger partial charge >= 0.3 is 17.1 Å². The van der Waals surface area contributed by atoms with Gasteiger partial charge in [-0.25, -0.2) is 28.1 Å². The van der Waals surface area contributed by atoms with Crippen LogP contribution in [-0.4, -0.2) is 37.1 Å². The van der Waals surface area contributed by atoms with Crippen molar-refractivity contribution in [3.05, 3.63) is 44.1 Å². The van der Waals surface area contributed by atoms with E-state index < -0.39 is 17.1 Å². The van der Waals surface area contributed by atoms with Crippen LogP contribution in [0.25, 0.3) is 0 Å². The molecule has 112 valence electrons. The summed E-state index contributed by atoms with van der Waals surface area (Å²) in [7, 11) is 0. The summed E-state index contributed by atoms with van der Waals surface area (Å²) in [5.41, 5.74) is -2.15. The fourth-order valence-electron chi connectivity index (χ4n) is 1.81. The molecule has 1 aromatic rings. The van der Waals surface area contributed by atoms with Crippen LogP contribution in [0.5, 0.6) is 0 Å². The minimum Gasteiger partial charge on any atom is -0.396 e. The molecule has 0 bridgehead atoms. The lowest BCUT2D eigenvalue weighted by molar-refractivity contribution is 0.268. The van der Waals surface area contributed by atoms with Gasteiger partial charge in [0.05, 0.1) is 6.54 Å². The molecule has 20 heavy (non-hydrogen) atoms. The summed E-state index contributed by atoms with van der Waals surface area (Å²) >= 11 is 0. The fraction of sp³-hybridized carbons (Fsp3) is 0.583.